The highest BCUT2D eigenvalue weighted by atomic mass is 16.3. The van der Waals surface area contributed by atoms with Crippen molar-refractivity contribution < 1.29 is 9.90 Å². The summed E-state index contributed by atoms with van der Waals surface area (Å²) < 4.78 is 0. The van der Waals surface area contributed by atoms with E-state index in [-0.39, 0.29) is 18.6 Å². The number of likely N-dealkylation sites (N-methyl/N-ethyl adjacent to an activating group) is 1. The second-order valence-electron chi connectivity index (χ2n) is 6.25. The summed E-state index contributed by atoms with van der Waals surface area (Å²) in [5, 5.41) is 14.9. The minimum atomic E-state index is -0.374. The van der Waals surface area contributed by atoms with Crippen molar-refractivity contribution in [3.8, 4) is 0 Å². The average molecular weight is 327 g/mol. The third-order valence-corrected chi connectivity index (χ3v) is 4.67. The van der Waals surface area contributed by atoms with E-state index in [1.165, 1.54) is 0 Å². The molecule has 0 spiro atoms. The normalized spacial score (nSPS) is 16.5. The lowest BCUT2D eigenvalue weighted by molar-refractivity contribution is -0.137. The molecule has 1 unspecified atom stereocenters. The van der Waals surface area contributed by atoms with Crippen molar-refractivity contribution in [2.24, 2.45) is 0 Å². The Morgan fingerprint density at radius 2 is 1.92 bits per heavy atom. The van der Waals surface area contributed by atoms with Gasteiger partial charge in [-0.25, -0.2) is 0 Å². The number of benzene rings is 2. The molecule has 1 amide bonds. The zero-order valence-corrected chi connectivity index (χ0v) is 14.1. The maximum absolute atomic E-state index is 13.2. The quantitative estimate of drug-likeness (QED) is 0.867. The minimum Gasteiger partial charge on any atom is -0.395 e. The van der Waals surface area contributed by atoms with Crippen LogP contribution in [0.15, 0.2) is 42.5 Å². The summed E-state index contributed by atoms with van der Waals surface area (Å²) in [6.45, 7) is 3.62. The summed E-state index contributed by atoms with van der Waals surface area (Å²) in [5.74, 6) is 0.115. The van der Waals surface area contributed by atoms with Crippen molar-refractivity contribution in [2.75, 3.05) is 46.4 Å². The molecule has 24 heavy (non-hydrogen) atoms. The van der Waals surface area contributed by atoms with Gasteiger partial charge in [0, 0.05) is 32.7 Å². The largest absolute Gasteiger partial charge is 0.395 e. The van der Waals surface area contributed by atoms with Gasteiger partial charge in [-0.15, -0.1) is 0 Å². The van der Waals surface area contributed by atoms with Crippen LogP contribution in [0.25, 0.3) is 10.8 Å². The predicted molar refractivity (Wildman–Crippen MR) is 95.9 cm³/mol. The summed E-state index contributed by atoms with van der Waals surface area (Å²) in [4.78, 5) is 17.1. The Morgan fingerprint density at radius 3 is 2.67 bits per heavy atom. The second kappa shape index (κ2) is 7.75. The van der Waals surface area contributed by atoms with Gasteiger partial charge in [0.25, 0.3) is 0 Å². The molecule has 0 bridgehead atoms. The van der Waals surface area contributed by atoms with Crippen LogP contribution < -0.4 is 5.32 Å². The highest BCUT2D eigenvalue weighted by Gasteiger charge is 2.31. The number of fused-ring (bicyclic) bond motifs is 1. The number of aliphatic hydroxyl groups excluding tert-OH is 1. The van der Waals surface area contributed by atoms with Gasteiger partial charge in [-0.05, 0) is 23.4 Å². The van der Waals surface area contributed by atoms with E-state index in [1.807, 2.05) is 41.1 Å². The lowest BCUT2D eigenvalue weighted by Gasteiger charge is -2.35. The number of rotatable bonds is 5. The topological polar surface area (TPSA) is 55.8 Å². The number of piperazine rings is 1. The van der Waals surface area contributed by atoms with Crippen LogP contribution in [-0.2, 0) is 4.79 Å². The zero-order valence-electron chi connectivity index (χ0n) is 14.1. The van der Waals surface area contributed by atoms with Crippen molar-refractivity contribution in [2.45, 2.75) is 6.04 Å². The molecule has 0 aliphatic carbocycles. The minimum absolute atomic E-state index is 0.0343. The molecule has 5 heteroatoms. The fourth-order valence-electron chi connectivity index (χ4n) is 3.39. The summed E-state index contributed by atoms with van der Waals surface area (Å²) in [6.07, 6.45) is 0. The molecule has 2 aromatic rings. The van der Waals surface area contributed by atoms with Crippen molar-refractivity contribution in [3.05, 3.63) is 48.0 Å². The number of hydrogen-bond donors (Lipinski definition) is 2. The van der Waals surface area contributed by atoms with Gasteiger partial charge < -0.3 is 15.3 Å². The van der Waals surface area contributed by atoms with E-state index < -0.39 is 0 Å². The molecule has 0 radical (unpaired) electrons. The zero-order chi connectivity index (χ0) is 16.9. The lowest BCUT2D eigenvalue weighted by atomic mass is 9.96. The Labute approximate surface area is 142 Å². The number of carbonyl (C=O) groups is 1. The van der Waals surface area contributed by atoms with Crippen LogP contribution in [-0.4, -0.2) is 67.2 Å². The third-order valence-electron chi connectivity index (χ3n) is 4.67. The van der Waals surface area contributed by atoms with Gasteiger partial charge in [0.15, 0.2) is 0 Å². The number of carbonyl (C=O) groups excluding carboxylic acids is 1. The van der Waals surface area contributed by atoms with Gasteiger partial charge in [0.1, 0.15) is 6.04 Å². The van der Waals surface area contributed by atoms with Crippen LogP contribution in [0.1, 0.15) is 11.6 Å². The first-order valence-corrected chi connectivity index (χ1v) is 8.50. The Balaban J connectivity index is 2.01. The van der Waals surface area contributed by atoms with E-state index >= 15 is 0 Å². The third kappa shape index (κ3) is 3.43. The van der Waals surface area contributed by atoms with Gasteiger partial charge in [-0.3, -0.25) is 9.69 Å². The van der Waals surface area contributed by atoms with E-state index in [9.17, 15) is 9.90 Å². The van der Waals surface area contributed by atoms with Gasteiger partial charge in [-0.2, -0.15) is 0 Å². The van der Waals surface area contributed by atoms with Gasteiger partial charge >= 0.3 is 0 Å². The number of amides is 1. The molecule has 5 nitrogen and oxygen atoms in total. The standard InChI is InChI=1S/C19H25N3O2/c1-21(13-14-23)18(19(24)22-11-9-20-10-12-22)17-8-4-6-15-5-2-3-7-16(15)17/h2-8,18,20,23H,9-14H2,1H3. The lowest BCUT2D eigenvalue weighted by Crippen LogP contribution is -2.50. The molecule has 0 saturated carbocycles. The van der Waals surface area contributed by atoms with Crippen LogP contribution >= 0.6 is 0 Å². The first kappa shape index (κ1) is 16.9. The molecular formula is C19H25N3O2. The molecule has 1 fully saturated rings. The molecule has 2 N–H and O–H groups in total. The molecular weight excluding hydrogens is 302 g/mol. The Bertz CT molecular complexity index is 693. The SMILES string of the molecule is CN(CCO)C(C(=O)N1CCNCC1)c1cccc2ccccc12. The molecule has 128 valence electrons. The number of nitrogens with one attached hydrogen (secondary N) is 1. The number of aliphatic hydroxyl groups is 1. The van der Waals surface area contributed by atoms with Crippen LogP contribution in [0.5, 0.6) is 0 Å². The second-order valence-corrected chi connectivity index (χ2v) is 6.25. The summed E-state index contributed by atoms with van der Waals surface area (Å²) in [7, 11) is 1.91. The molecule has 3 rings (SSSR count). The fraction of sp³-hybridized carbons (Fsp3) is 0.421. The highest BCUT2D eigenvalue weighted by Crippen LogP contribution is 2.29. The van der Waals surface area contributed by atoms with E-state index in [2.05, 4.69) is 23.5 Å². The van der Waals surface area contributed by atoms with E-state index in [0.717, 1.165) is 42.5 Å². The van der Waals surface area contributed by atoms with E-state index in [4.69, 9.17) is 0 Å². The first-order chi connectivity index (χ1) is 11.7. The van der Waals surface area contributed by atoms with Gasteiger partial charge in [0.05, 0.1) is 6.61 Å². The molecule has 1 saturated heterocycles. The van der Waals surface area contributed by atoms with Crippen molar-refractivity contribution in [1.29, 1.82) is 0 Å². The van der Waals surface area contributed by atoms with Crippen LogP contribution in [0.3, 0.4) is 0 Å². The first-order valence-electron chi connectivity index (χ1n) is 8.50. The molecule has 1 aliphatic heterocycles. The average Bonchev–Trinajstić information content (AvgIpc) is 2.63. The number of nitrogens with zero attached hydrogens (tertiary/aromatic N) is 2. The summed E-state index contributed by atoms with van der Waals surface area (Å²) in [6, 6.07) is 13.9. The Kier molecular flexibility index (Phi) is 5.45. The summed E-state index contributed by atoms with van der Waals surface area (Å²) >= 11 is 0. The number of hydrogen-bond acceptors (Lipinski definition) is 4. The molecule has 1 aliphatic rings. The Morgan fingerprint density at radius 1 is 1.21 bits per heavy atom. The van der Waals surface area contributed by atoms with Crippen LogP contribution in [0.4, 0.5) is 0 Å². The maximum Gasteiger partial charge on any atom is 0.244 e. The molecule has 2 aromatic carbocycles. The van der Waals surface area contributed by atoms with E-state index in [1.54, 1.807) is 0 Å². The van der Waals surface area contributed by atoms with Crippen molar-refractivity contribution in [1.82, 2.24) is 15.1 Å². The van der Waals surface area contributed by atoms with Crippen LogP contribution in [0, 0.1) is 0 Å². The maximum atomic E-state index is 13.2. The van der Waals surface area contributed by atoms with Crippen LogP contribution in [0.2, 0.25) is 0 Å². The summed E-state index contributed by atoms with van der Waals surface area (Å²) in [5.41, 5.74) is 1.01. The smallest absolute Gasteiger partial charge is 0.244 e. The predicted octanol–water partition coefficient (Wildman–Crippen LogP) is 1.24. The van der Waals surface area contributed by atoms with Gasteiger partial charge in [-0.1, -0.05) is 42.5 Å². The fourth-order valence-corrected chi connectivity index (χ4v) is 3.39. The van der Waals surface area contributed by atoms with Crippen molar-refractivity contribution in [3.63, 3.8) is 0 Å². The Hall–Kier alpha value is -1.95. The van der Waals surface area contributed by atoms with Crippen molar-refractivity contribution >= 4 is 16.7 Å². The monoisotopic (exact) mass is 327 g/mol. The molecule has 1 atom stereocenters. The van der Waals surface area contributed by atoms with Gasteiger partial charge in [0.2, 0.25) is 5.91 Å². The van der Waals surface area contributed by atoms with E-state index in [0.29, 0.717) is 6.54 Å². The molecule has 1 heterocycles. The molecule has 0 aromatic heterocycles. The highest BCUT2D eigenvalue weighted by molar-refractivity contribution is 5.92.